The Kier molecular flexibility index (Phi) is 9.81. The third-order valence-electron chi connectivity index (χ3n) is 6.39. The van der Waals surface area contributed by atoms with Gasteiger partial charge in [-0.1, -0.05) is 121 Å². The molecule has 210 valence electrons. The molecule has 4 rings (SSSR count). The third kappa shape index (κ3) is 7.82. The summed E-state index contributed by atoms with van der Waals surface area (Å²) in [7, 11) is 2.94. The summed E-state index contributed by atoms with van der Waals surface area (Å²) in [5.74, 6) is -1.64. The molecule has 9 heteroatoms. The Labute approximate surface area is 242 Å². The van der Waals surface area contributed by atoms with Gasteiger partial charge in [-0.25, -0.2) is 9.59 Å². The fourth-order valence-corrected chi connectivity index (χ4v) is 7.02. The summed E-state index contributed by atoms with van der Waals surface area (Å²) in [6.07, 6.45) is -0.546. The number of rotatable bonds is 11. The zero-order valence-corrected chi connectivity index (χ0v) is 24.4. The minimum Gasteiger partial charge on any atom is -0.480 e. The van der Waals surface area contributed by atoms with Crippen LogP contribution in [0.25, 0.3) is 11.1 Å². The SMILES string of the molecule is CC(C)(C)SSC[C@H](NC(=O)[C@H](Cc1ccccc1)NC(=O)OCC1c2ccccc2-c2ccccc21)C(=O)O. The van der Waals surface area contributed by atoms with E-state index in [1.807, 2.05) is 87.5 Å². The van der Waals surface area contributed by atoms with Crippen molar-refractivity contribution in [2.24, 2.45) is 0 Å². The maximum atomic E-state index is 13.3. The lowest BCUT2D eigenvalue weighted by Gasteiger charge is -2.23. The maximum absolute atomic E-state index is 13.3. The average Bonchev–Trinajstić information content (AvgIpc) is 3.24. The van der Waals surface area contributed by atoms with Crippen molar-refractivity contribution in [3.05, 3.63) is 95.6 Å². The Morgan fingerprint density at radius 1 is 0.850 bits per heavy atom. The van der Waals surface area contributed by atoms with Crippen LogP contribution >= 0.6 is 21.6 Å². The van der Waals surface area contributed by atoms with Crippen LogP contribution in [0.4, 0.5) is 4.79 Å². The fraction of sp³-hybridized carbons (Fsp3) is 0.323. The van der Waals surface area contributed by atoms with Crippen LogP contribution in [0, 0.1) is 0 Å². The highest BCUT2D eigenvalue weighted by Gasteiger charge is 2.31. The molecule has 2 amide bonds. The summed E-state index contributed by atoms with van der Waals surface area (Å²) in [6, 6.07) is 23.2. The van der Waals surface area contributed by atoms with E-state index in [-0.39, 0.29) is 29.4 Å². The Hall–Kier alpha value is -3.43. The van der Waals surface area contributed by atoms with E-state index in [2.05, 4.69) is 22.8 Å². The van der Waals surface area contributed by atoms with Crippen molar-refractivity contribution in [3.8, 4) is 11.1 Å². The highest BCUT2D eigenvalue weighted by atomic mass is 33.1. The van der Waals surface area contributed by atoms with Crippen LogP contribution in [0.5, 0.6) is 0 Å². The molecule has 0 radical (unpaired) electrons. The zero-order valence-electron chi connectivity index (χ0n) is 22.8. The molecule has 0 unspecified atom stereocenters. The molecule has 3 N–H and O–H groups in total. The highest BCUT2D eigenvalue weighted by Crippen LogP contribution is 2.44. The standard InChI is InChI=1S/C31H34N2O5S2/c1-31(2,3)40-39-19-27(29(35)36)32-28(34)26(17-20-11-5-4-6-12-20)33-30(37)38-18-25-23-15-9-7-13-21(23)22-14-8-10-16-24(22)25/h4-16,25-27H,17-19H2,1-3H3,(H,32,34)(H,33,37)(H,35,36)/t26-,27-/m0/s1. The molecule has 0 saturated heterocycles. The number of ether oxygens (including phenoxy) is 1. The number of alkyl carbamates (subject to hydrolysis) is 1. The normalized spacial score (nSPS) is 14.0. The van der Waals surface area contributed by atoms with E-state index in [9.17, 15) is 19.5 Å². The van der Waals surface area contributed by atoms with Gasteiger partial charge in [0.05, 0.1) is 0 Å². The molecule has 3 aromatic rings. The number of carboxylic acids is 1. The number of hydrogen-bond donors (Lipinski definition) is 3. The average molecular weight is 579 g/mol. The summed E-state index contributed by atoms with van der Waals surface area (Å²) < 4.78 is 5.60. The minimum absolute atomic E-state index is 0.0563. The lowest BCUT2D eigenvalue weighted by Crippen LogP contribution is -2.53. The van der Waals surface area contributed by atoms with Gasteiger partial charge in [-0.15, -0.1) is 0 Å². The first kappa shape index (κ1) is 29.6. The number of nitrogens with one attached hydrogen (secondary N) is 2. The van der Waals surface area contributed by atoms with Gasteiger partial charge in [0.1, 0.15) is 18.7 Å². The van der Waals surface area contributed by atoms with Gasteiger partial charge in [-0.2, -0.15) is 0 Å². The van der Waals surface area contributed by atoms with Crippen LogP contribution in [0.2, 0.25) is 0 Å². The summed E-state index contributed by atoms with van der Waals surface area (Å²) in [4.78, 5) is 38.2. The first-order valence-electron chi connectivity index (χ1n) is 13.1. The molecule has 7 nitrogen and oxygen atoms in total. The van der Waals surface area contributed by atoms with Crippen molar-refractivity contribution < 1.29 is 24.2 Å². The van der Waals surface area contributed by atoms with Crippen molar-refractivity contribution >= 4 is 39.6 Å². The Bertz CT molecular complexity index is 1300. The van der Waals surface area contributed by atoms with E-state index in [0.717, 1.165) is 27.8 Å². The van der Waals surface area contributed by atoms with Gasteiger partial charge in [0.15, 0.2) is 0 Å². The monoisotopic (exact) mass is 578 g/mol. The molecule has 0 heterocycles. The van der Waals surface area contributed by atoms with Crippen LogP contribution in [0.3, 0.4) is 0 Å². The zero-order chi connectivity index (χ0) is 28.7. The molecule has 0 aromatic heterocycles. The second-order valence-electron chi connectivity index (χ2n) is 10.6. The molecule has 0 bridgehead atoms. The van der Waals surface area contributed by atoms with Crippen molar-refractivity contribution in [1.82, 2.24) is 10.6 Å². The molecule has 40 heavy (non-hydrogen) atoms. The van der Waals surface area contributed by atoms with Gasteiger partial charge >= 0.3 is 12.1 Å². The molecule has 1 aliphatic carbocycles. The fourth-order valence-electron chi connectivity index (χ4n) is 4.57. The largest absolute Gasteiger partial charge is 0.480 e. The van der Waals surface area contributed by atoms with Crippen molar-refractivity contribution in [1.29, 1.82) is 0 Å². The molecular weight excluding hydrogens is 544 g/mol. The Morgan fingerprint density at radius 3 is 2.00 bits per heavy atom. The number of fused-ring (bicyclic) bond motifs is 3. The Morgan fingerprint density at radius 2 is 1.43 bits per heavy atom. The van der Waals surface area contributed by atoms with Crippen molar-refractivity contribution in [2.75, 3.05) is 12.4 Å². The molecule has 1 aliphatic rings. The maximum Gasteiger partial charge on any atom is 0.407 e. The lowest BCUT2D eigenvalue weighted by atomic mass is 9.98. The number of carbonyl (C=O) groups is 3. The second kappa shape index (κ2) is 13.3. The van der Waals surface area contributed by atoms with E-state index in [0.29, 0.717) is 0 Å². The number of carboxylic acid groups (broad SMARTS) is 1. The van der Waals surface area contributed by atoms with Gasteiger partial charge in [0.2, 0.25) is 5.91 Å². The van der Waals surface area contributed by atoms with Crippen LogP contribution in [-0.2, 0) is 20.7 Å². The Balaban J connectivity index is 1.43. The first-order chi connectivity index (χ1) is 19.1. The summed E-state index contributed by atoms with van der Waals surface area (Å²) >= 11 is 0. The van der Waals surface area contributed by atoms with Crippen LogP contribution in [0.1, 0.15) is 43.4 Å². The van der Waals surface area contributed by atoms with E-state index >= 15 is 0 Å². The highest BCUT2D eigenvalue weighted by molar-refractivity contribution is 8.77. The first-order valence-corrected chi connectivity index (χ1v) is 15.4. The van der Waals surface area contributed by atoms with Crippen LogP contribution in [0.15, 0.2) is 78.9 Å². The van der Waals surface area contributed by atoms with Crippen molar-refractivity contribution in [2.45, 2.75) is 49.9 Å². The number of hydrogen-bond acceptors (Lipinski definition) is 6. The predicted octanol–water partition coefficient (Wildman–Crippen LogP) is 5.89. The van der Waals surface area contributed by atoms with Gasteiger partial charge in [-0.3, -0.25) is 4.79 Å². The van der Waals surface area contributed by atoms with E-state index in [4.69, 9.17) is 4.74 Å². The molecule has 0 aliphatic heterocycles. The molecule has 0 fully saturated rings. The van der Waals surface area contributed by atoms with Gasteiger partial charge in [-0.05, 0) is 27.8 Å². The molecular formula is C31H34N2O5S2. The molecule has 0 saturated carbocycles. The molecule has 2 atom stereocenters. The quantitative estimate of drug-likeness (QED) is 0.244. The molecule has 3 aromatic carbocycles. The number of aliphatic carboxylic acids is 1. The van der Waals surface area contributed by atoms with Gasteiger partial charge in [0.25, 0.3) is 0 Å². The van der Waals surface area contributed by atoms with Crippen LogP contribution in [-0.4, -0.2) is 52.3 Å². The van der Waals surface area contributed by atoms with Crippen molar-refractivity contribution in [3.63, 3.8) is 0 Å². The number of benzene rings is 3. The van der Waals surface area contributed by atoms with E-state index in [1.165, 1.54) is 10.8 Å². The van der Waals surface area contributed by atoms with Gasteiger partial charge < -0.3 is 20.5 Å². The lowest BCUT2D eigenvalue weighted by molar-refractivity contribution is -0.141. The summed E-state index contributed by atoms with van der Waals surface area (Å²) in [5, 5.41) is 15.0. The minimum atomic E-state index is -1.13. The predicted molar refractivity (Wildman–Crippen MR) is 162 cm³/mol. The van der Waals surface area contributed by atoms with E-state index < -0.39 is 30.1 Å². The topological polar surface area (TPSA) is 105 Å². The molecule has 0 spiro atoms. The summed E-state index contributed by atoms with van der Waals surface area (Å²) in [5.41, 5.74) is 5.24. The van der Waals surface area contributed by atoms with Gasteiger partial charge in [0, 0.05) is 22.8 Å². The smallest absolute Gasteiger partial charge is 0.407 e. The second-order valence-corrected chi connectivity index (χ2v) is 13.8. The number of carbonyl (C=O) groups excluding carboxylic acids is 2. The summed E-state index contributed by atoms with van der Waals surface area (Å²) in [6.45, 7) is 6.21. The van der Waals surface area contributed by atoms with E-state index in [1.54, 1.807) is 10.8 Å². The number of amides is 2. The third-order valence-corrected chi connectivity index (χ3v) is 9.74. The van der Waals surface area contributed by atoms with Crippen LogP contribution < -0.4 is 10.6 Å².